The van der Waals surface area contributed by atoms with E-state index in [9.17, 15) is 0 Å². The number of aryl methyl sites for hydroxylation is 1. The topological polar surface area (TPSA) is 38.9 Å². The van der Waals surface area contributed by atoms with E-state index in [0.29, 0.717) is 0 Å². The molecule has 0 spiro atoms. The number of nitrogen functional groups attached to an aromatic ring is 1. The third-order valence-corrected chi connectivity index (χ3v) is 5.14. The zero-order chi connectivity index (χ0) is 17.5. The highest BCUT2D eigenvalue weighted by Gasteiger charge is 2.09. The third-order valence-electron chi connectivity index (χ3n) is 5.14. The van der Waals surface area contributed by atoms with Crippen molar-refractivity contribution in [2.24, 2.45) is 0 Å². The zero-order valence-corrected chi connectivity index (χ0v) is 15.4. The summed E-state index contributed by atoms with van der Waals surface area (Å²) in [6, 6.07) is 14.6. The molecule has 25 heavy (non-hydrogen) atoms. The van der Waals surface area contributed by atoms with E-state index in [4.69, 9.17) is 10.7 Å². The normalized spacial score (nSPS) is 11.4. The van der Waals surface area contributed by atoms with Gasteiger partial charge in [0.25, 0.3) is 0 Å². The standard InChI is InChI=1S/C23H30N2/c1-2-3-4-5-6-7-8-9-13-18-14-12-16-20-22(24)19-15-10-11-17-21(19)25-23(18)20/h10-12,14-17H,2-9,13H2,1H3,(H2,24,25). The van der Waals surface area contributed by atoms with Crippen LogP contribution in [0.2, 0.25) is 0 Å². The maximum atomic E-state index is 6.42. The molecule has 1 heterocycles. The van der Waals surface area contributed by atoms with Crippen molar-refractivity contribution < 1.29 is 0 Å². The number of fused-ring (bicyclic) bond motifs is 2. The fourth-order valence-electron chi connectivity index (χ4n) is 3.66. The second-order valence-electron chi connectivity index (χ2n) is 7.08. The maximum Gasteiger partial charge on any atom is 0.0762 e. The SMILES string of the molecule is CCCCCCCCCCc1cccc2c(N)c3ccccc3nc12. The van der Waals surface area contributed by atoms with Crippen molar-refractivity contribution in [1.29, 1.82) is 0 Å². The average Bonchev–Trinajstić information content (AvgIpc) is 2.64. The molecule has 3 aromatic rings. The lowest BCUT2D eigenvalue weighted by Crippen LogP contribution is -1.96. The molecule has 0 aliphatic carbocycles. The number of pyridine rings is 1. The van der Waals surface area contributed by atoms with Crippen LogP contribution >= 0.6 is 0 Å². The Bertz CT molecular complexity index is 823. The molecule has 1 aromatic heterocycles. The zero-order valence-electron chi connectivity index (χ0n) is 15.4. The summed E-state index contributed by atoms with van der Waals surface area (Å²) in [5, 5.41) is 2.15. The molecule has 2 heteroatoms. The van der Waals surface area contributed by atoms with Crippen molar-refractivity contribution in [3.05, 3.63) is 48.0 Å². The van der Waals surface area contributed by atoms with E-state index >= 15 is 0 Å². The van der Waals surface area contributed by atoms with Crippen LogP contribution < -0.4 is 5.73 Å². The Kier molecular flexibility index (Phi) is 6.27. The predicted molar refractivity (Wildman–Crippen MR) is 110 cm³/mol. The van der Waals surface area contributed by atoms with Crippen molar-refractivity contribution >= 4 is 27.5 Å². The van der Waals surface area contributed by atoms with E-state index in [-0.39, 0.29) is 0 Å². The fraction of sp³-hybridized carbons (Fsp3) is 0.435. The smallest absolute Gasteiger partial charge is 0.0762 e. The van der Waals surface area contributed by atoms with Crippen molar-refractivity contribution in [2.75, 3.05) is 5.73 Å². The fourth-order valence-corrected chi connectivity index (χ4v) is 3.66. The highest BCUT2D eigenvalue weighted by molar-refractivity contribution is 6.07. The first-order valence-electron chi connectivity index (χ1n) is 9.87. The summed E-state index contributed by atoms with van der Waals surface area (Å²) in [7, 11) is 0. The number of anilines is 1. The lowest BCUT2D eigenvalue weighted by molar-refractivity contribution is 0.576. The van der Waals surface area contributed by atoms with Crippen LogP contribution in [0.25, 0.3) is 21.8 Å². The molecule has 0 amide bonds. The number of aromatic nitrogens is 1. The van der Waals surface area contributed by atoms with Gasteiger partial charge in [0.15, 0.2) is 0 Å². The number of rotatable bonds is 9. The molecule has 0 bridgehead atoms. The van der Waals surface area contributed by atoms with Crippen molar-refractivity contribution in [3.63, 3.8) is 0 Å². The van der Waals surface area contributed by atoms with E-state index in [1.807, 2.05) is 12.1 Å². The lowest BCUT2D eigenvalue weighted by Gasteiger charge is -2.10. The van der Waals surface area contributed by atoms with Gasteiger partial charge in [-0.05, 0) is 24.5 Å². The Balaban J connectivity index is 1.66. The van der Waals surface area contributed by atoms with Gasteiger partial charge in [0, 0.05) is 10.8 Å². The molecule has 132 valence electrons. The molecular weight excluding hydrogens is 304 g/mol. The number of hydrogen-bond donors (Lipinski definition) is 1. The maximum absolute atomic E-state index is 6.42. The monoisotopic (exact) mass is 334 g/mol. The van der Waals surface area contributed by atoms with E-state index in [1.165, 1.54) is 56.9 Å². The molecule has 2 aromatic carbocycles. The molecule has 0 atom stereocenters. The van der Waals surface area contributed by atoms with Crippen molar-refractivity contribution in [2.45, 2.75) is 64.7 Å². The summed E-state index contributed by atoms with van der Waals surface area (Å²) in [6.07, 6.45) is 11.9. The van der Waals surface area contributed by atoms with Gasteiger partial charge < -0.3 is 5.73 Å². The minimum atomic E-state index is 0.860. The van der Waals surface area contributed by atoms with Gasteiger partial charge in [-0.3, -0.25) is 0 Å². The lowest BCUT2D eigenvalue weighted by atomic mass is 10.00. The molecule has 0 saturated carbocycles. The second kappa shape index (κ2) is 8.84. The van der Waals surface area contributed by atoms with Crippen LogP contribution in [0.1, 0.15) is 63.9 Å². The predicted octanol–water partition coefficient (Wildman–Crippen LogP) is 6.65. The second-order valence-corrected chi connectivity index (χ2v) is 7.08. The Labute approximate surface area is 151 Å². The van der Waals surface area contributed by atoms with E-state index in [2.05, 4.69) is 37.3 Å². The van der Waals surface area contributed by atoms with Gasteiger partial charge in [-0.2, -0.15) is 0 Å². The minimum Gasteiger partial charge on any atom is -0.398 e. The third kappa shape index (κ3) is 4.31. The number of hydrogen-bond acceptors (Lipinski definition) is 2. The first-order chi connectivity index (χ1) is 12.3. The molecule has 2 N–H and O–H groups in total. The first kappa shape index (κ1) is 17.7. The van der Waals surface area contributed by atoms with Crippen LogP contribution in [-0.4, -0.2) is 4.98 Å². The Hall–Kier alpha value is -2.09. The highest BCUT2D eigenvalue weighted by Crippen LogP contribution is 2.30. The van der Waals surface area contributed by atoms with Gasteiger partial charge in [-0.25, -0.2) is 4.98 Å². The van der Waals surface area contributed by atoms with Gasteiger partial charge in [-0.1, -0.05) is 88.3 Å². The summed E-state index contributed by atoms with van der Waals surface area (Å²) in [5.74, 6) is 0. The van der Waals surface area contributed by atoms with Crippen LogP contribution in [0, 0.1) is 0 Å². The van der Waals surface area contributed by atoms with Crippen LogP contribution in [0.15, 0.2) is 42.5 Å². The van der Waals surface area contributed by atoms with E-state index in [0.717, 1.165) is 33.9 Å². The quantitative estimate of drug-likeness (QED) is 0.351. The summed E-state index contributed by atoms with van der Waals surface area (Å²) in [4.78, 5) is 4.91. The minimum absolute atomic E-state index is 0.860. The summed E-state index contributed by atoms with van der Waals surface area (Å²) in [6.45, 7) is 2.27. The Morgan fingerprint density at radius 1 is 0.760 bits per heavy atom. The average molecular weight is 335 g/mol. The Morgan fingerprint density at radius 2 is 1.44 bits per heavy atom. The van der Waals surface area contributed by atoms with Crippen LogP contribution in [0.5, 0.6) is 0 Å². The van der Waals surface area contributed by atoms with E-state index in [1.54, 1.807) is 0 Å². The van der Waals surface area contributed by atoms with Gasteiger partial charge in [-0.15, -0.1) is 0 Å². The van der Waals surface area contributed by atoms with Gasteiger partial charge in [0.2, 0.25) is 0 Å². The van der Waals surface area contributed by atoms with Gasteiger partial charge in [0.05, 0.1) is 16.7 Å². The number of nitrogens with two attached hydrogens (primary N) is 1. The highest BCUT2D eigenvalue weighted by atomic mass is 14.7. The van der Waals surface area contributed by atoms with Crippen molar-refractivity contribution in [3.8, 4) is 0 Å². The van der Waals surface area contributed by atoms with Crippen LogP contribution in [0.4, 0.5) is 5.69 Å². The first-order valence-corrected chi connectivity index (χ1v) is 9.87. The Morgan fingerprint density at radius 3 is 2.24 bits per heavy atom. The molecule has 0 saturated heterocycles. The number of nitrogens with zero attached hydrogens (tertiary/aromatic N) is 1. The molecular formula is C23H30N2. The number of benzene rings is 2. The summed E-state index contributed by atoms with van der Waals surface area (Å²) < 4.78 is 0. The van der Waals surface area contributed by atoms with Crippen LogP contribution in [-0.2, 0) is 6.42 Å². The van der Waals surface area contributed by atoms with Gasteiger partial charge in [0.1, 0.15) is 0 Å². The largest absolute Gasteiger partial charge is 0.398 e. The molecule has 0 unspecified atom stereocenters. The summed E-state index contributed by atoms with van der Waals surface area (Å²) >= 11 is 0. The molecule has 0 radical (unpaired) electrons. The molecule has 2 nitrogen and oxygen atoms in total. The number of unbranched alkanes of at least 4 members (excludes halogenated alkanes) is 7. The summed E-state index contributed by atoms with van der Waals surface area (Å²) in [5.41, 5.74) is 10.7. The molecule has 3 rings (SSSR count). The number of para-hydroxylation sites is 2. The van der Waals surface area contributed by atoms with Crippen LogP contribution in [0.3, 0.4) is 0 Å². The molecule has 0 fully saturated rings. The molecule has 0 aliphatic heterocycles. The van der Waals surface area contributed by atoms with E-state index < -0.39 is 0 Å². The molecule has 0 aliphatic rings. The van der Waals surface area contributed by atoms with Crippen molar-refractivity contribution in [1.82, 2.24) is 4.98 Å². The van der Waals surface area contributed by atoms with Gasteiger partial charge >= 0.3 is 0 Å².